The Morgan fingerprint density at radius 2 is 1.62 bits per heavy atom. The minimum Gasteiger partial charge on any atom is -0.268 e. The number of rotatable bonds is 3. The number of aromatic nitrogens is 2. The van der Waals surface area contributed by atoms with E-state index >= 15 is 0 Å². The summed E-state index contributed by atoms with van der Waals surface area (Å²) < 4.78 is 2.06. The molecule has 0 atom stereocenters. The van der Waals surface area contributed by atoms with Crippen LogP contribution in [-0.2, 0) is 6.42 Å². The van der Waals surface area contributed by atoms with Gasteiger partial charge in [0.05, 0.1) is 29.0 Å². The zero-order chi connectivity index (χ0) is 18.1. The minimum absolute atomic E-state index is 0.149. The number of hydrogen-bond acceptors (Lipinski definition) is 3. The molecule has 0 radical (unpaired) electrons. The van der Waals surface area contributed by atoms with Crippen LogP contribution in [0.2, 0.25) is 0 Å². The molecule has 1 aliphatic carbocycles. The fraction of sp³-hybridized carbons (Fsp3) is 0.273. The first-order valence-corrected chi connectivity index (χ1v) is 9.02. The first-order valence-electron chi connectivity index (χ1n) is 9.02. The highest BCUT2D eigenvalue weighted by Gasteiger charge is 2.33. The maximum atomic E-state index is 4.95. The number of para-hydroxylation sites is 2. The Morgan fingerprint density at radius 1 is 0.962 bits per heavy atom. The van der Waals surface area contributed by atoms with E-state index < -0.39 is 0 Å². The second kappa shape index (κ2) is 6.45. The molecule has 0 spiro atoms. The third kappa shape index (κ3) is 3.15. The number of fused-ring (bicyclic) bond motifs is 1. The van der Waals surface area contributed by atoms with Gasteiger partial charge in [-0.3, -0.25) is 5.01 Å². The standard InChI is InChI=1S/C22H24N4/c1-22(2)14-20(24-25(3)17-10-6-4-7-11-17)19-16-23-26(21(19)15-22)18-12-8-5-9-13-18/h4-13,16H,14-15H2,1-3H3/b24-20+. The van der Waals surface area contributed by atoms with Crippen molar-refractivity contribution in [2.24, 2.45) is 10.5 Å². The zero-order valence-electron chi connectivity index (χ0n) is 15.6. The molecule has 1 heterocycles. The van der Waals surface area contributed by atoms with Crippen LogP contribution < -0.4 is 5.01 Å². The lowest BCUT2D eigenvalue weighted by molar-refractivity contribution is 0.364. The topological polar surface area (TPSA) is 33.4 Å². The van der Waals surface area contributed by atoms with Gasteiger partial charge in [-0.05, 0) is 42.5 Å². The number of hydrogen-bond donors (Lipinski definition) is 0. The van der Waals surface area contributed by atoms with Crippen LogP contribution in [0.3, 0.4) is 0 Å². The second-order valence-electron chi connectivity index (χ2n) is 7.68. The van der Waals surface area contributed by atoms with E-state index in [-0.39, 0.29) is 5.41 Å². The Morgan fingerprint density at radius 3 is 2.31 bits per heavy atom. The summed E-state index contributed by atoms with van der Waals surface area (Å²) >= 11 is 0. The molecule has 4 rings (SSSR count). The minimum atomic E-state index is 0.149. The van der Waals surface area contributed by atoms with Gasteiger partial charge in [0.2, 0.25) is 0 Å². The van der Waals surface area contributed by atoms with Gasteiger partial charge in [-0.15, -0.1) is 0 Å². The van der Waals surface area contributed by atoms with Crippen molar-refractivity contribution in [3.05, 3.63) is 78.1 Å². The zero-order valence-corrected chi connectivity index (χ0v) is 15.6. The van der Waals surface area contributed by atoms with Gasteiger partial charge < -0.3 is 0 Å². The Labute approximate surface area is 154 Å². The van der Waals surface area contributed by atoms with Gasteiger partial charge in [-0.1, -0.05) is 50.2 Å². The summed E-state index contributed by atoms with van der Waals surface area (Å²) in [6, 6.07) is 20.6. The van der Waals surface area contributed by atoms with Crippen LogP contribution in [0.15, 0.2) is 72.0 Å². The third-order valence-electron chi connectivity index (χ3n) is 4.87. The first-order chi connectivity index (χ1) is 12.5. The smallest absolute Gasteiger partial charge is 0.0721 e. The van der Waals surface area contributed by atoms with Gasteiger partial charge in [-0.2, -0.15) is 10.2 Å². The summed E-state index contributed by atoms with van der Waals surface area (Å²) in [5.41, 5.74) is 5.84. The number of benzene rings is 2. The molecule has 1 aromatic heterocycles. The monoisotopic (exact) mass is 344 g/mol. The quantitative estimate of drug-likeness (QED) is 0.646. The van der Waals surface area contributed by atoms with Crippen LogP contribution in [0.1, 0.15) is 31.5 Å². The van der Waals surface area contributed by atoms with E-state index in [2.05, 4.69) is 60.0 Å². The molecule has 26 heavy (non-hydrogen) atoms. The molecule has 4 heteroatoms. The molecule has 0 aliphatic heterocycles. The normalized spacial score (nSPS) is 17.1. The molecular weight excluding hydrogens is 320 g/mol. The van der Waals surface area contributed by atoms with Crippen molar-refractivity contribution >= 4 is 11.4 Å². The lowest BCUT2D eigenvalue weighted by Gasteiger charge is -2.31. The Balaban J connectivity index is 1.77. The molecule has 0 unspecified atom stereocenters. The molecule has 2 aromatic carbocycles. The van der Waals surface area contributed by atoms with Crippen molar-refractivity contribution in [1.29, 1.82) is 0 Å². The maximum absolute atomic E-state index is 4.95. The molecule has 3 aromatic rings. The lowest BCUT2D eigenvalue weighted by Crippen LogP contribution is -2.30. The van der Waals surface area contributed by atoms with Gasteiger partial charge in [0, 0.05) is 12.6 Å². The summed E-state index contributed by atoms with van der Waals surface area (Å²) in [7, 11) is 2.01. The average Bonchev–Trinajstić information content (AvgIpc) is 3.05. The van der Waals surface area contributed by atoms with E-state index in [0.29, 0.717) is 0 Å². The molecule has 132 valence electrons. The predicted octanol–water partition coefficient (Wildman–Crippen LogP) is 4.69. The molecule has 0 saturated heterocycles. The van der Waals surface area contributed by atoms with Gasteiger partial charge in [0.25, 0.3) is 0 Å². The van der Waals surface area contributed by atoms with Crippen LogP contribution in [0.5, 0.6) is 0 Å². The highest BCUT2D eigenvalue weighted by Crippen LogP contribution is 2.36. The van der Waals surface area contributed by atoms with E-state index in [1.54, 1.807) is 0 Å². The molecule has 0 N–H and O–H groups in total. The summed E-state index contributed by atoms with van der Waals surface area (Å²) in [5.74, 6) is 0. The van der Waals surface area contributed by atoms with Gasteiger partial charge in [0.1, 0.15) is 0 Å². The molecular formula is C22H24N4. The van der Waals surface area contributed by atoms with Crippen molar-refractivity contribution in [3.8, 4) is 5.69 Å². The van der Waals surface area contributed by atoms with Crippen molar-refractivity contribution in [1.82, 2.24) is 9.78 Å². The van der Waals surface area contributed by atoms with Gasteiger partial charge >= 0.3 is 0 Å². The van der Waals surface area contributed by atoms with Crippen LogP contribution in [0.4, 0.5) is 5.69 Å². The molecule has 0 saturated carbocycles. The van der Waals surface area contributed by atoms with E-state index in [9.17, 15) is 0 Å². The van der Waals surface area contributed by atoms with Crippen molar-refractivity contribution in [3.63, 3.8) is 0 Å². The van der Waals surface area contributed by atoms with E-state index in [1.165, 1.54) is 5.69 Å². The highest BCUT2D eigenvalue weighted by atomic mass is 15.4. The molecule has 0 bridgehead atoms. The van der Waals surface area contributed by atoms with Crippen LogP contribution in [0.25, 0.3) is 5.69 Å². The second-order valence-corrected chi connectivity index (χ2v) is 7.68. The third-order valence-corrected chi connectivity index (χ3v) is 4.87. The van der Waals surface area contributed by atoms with Gasteiger partial charge in [0.15, 0.2) is 0 Å². The fourth-order valence-corrected chi connectivity index (χ4v) is 3.61. The van der Waals surface area contributed by atoms with Crippen molar-refractivity contribution in [2.45, 2.75) is 26.7 Å². The van der Waals surface area contributed by atoms with Crippen LogP contribution >= 0.6 is 0 Å². The highest BCUT2D eigenvalue weighted by molar-refractivity contribution is 6.03. The van der Waals surface area contributed by atoms with Crippen molar-refractivity contribution in [2.75, 3.05) is 12.1 Å². The number of anilines is 1. The Bertz CT molecular complexity index is 923. The SMILES string of the molecule is CN(/N=C1\CC(C)(C)Cc2c1cnn2-c1ccccc1)c1ccccc1. The summed E-state index contributed by atoms with van der Waals surface area (Å²) in [6.07, 6.45) is 3.90. The Hall–Kier alpha value is -2.88. The summed E-state index contributed by atoms with van der Waals surface area (Å²) in [4.78, 5) is 0. The maximum Gasteiger partial charge on any atom is 0.0721 e. The van der Waals surface area contributed by atoms with E-state index in [0.717, 1.165) is 35.5 Å². The molecule has 4 nitrogen and oxygen atoms in total. The van der Waals surface area contributed by atoms with Gasteiger partial charge in [-0.25, -0.2) is 4.68 Å². The first kappa shape index (κ1) is 16.6. The van der Waals surface area contributed by atoms with E-state index in [4.69, 9.17) is 5.10 Å². The fourth-order valence-electron chi connectivity index (χ4n) is 3.61. The van der Waals surface area contributed by atoms with Crippen molar-refractivity contribution < 1.29 is 0 Å². The van der Waals surface area contributed by atoms with Crippen LogP contribution in [-0.4, -0.2) is 22.5 Å². The average molecular weight is 344 g/mol. The largest absolute Gasteiger partial charge is 0.268 e. The predicted molar refractivity (Wildman–Crippen MR) is 107 cm³/mol. The number of nitrogens with zero attached hydrogens (tertiary/aromatic N) is 4. The number of hydrazone groups is 1. The molecule has 0 fully saturated rings. The Kier molecular flexibility index (Phi) is 4.11. The van der Waals surface area contributed by atoms with E-state index in [1.807, 2.05) is 42.5 Å². The van der Waals surface area contributed by atoms with Crippen LogP contribution in [0, 0.1) is 5.41 Å². The summed E-state index contributed by atoms with van der Waals surface area (Å²) in [5, 5.41) is 11.6. The molecule has 0 amide bonds. The summed E-state index contributed by atoms with van der Waals surface area (Å²) in [6.45, 7) is 4.60. The molecule has 1 aliphatic rings. The lowest BCUT2D eigenvalue weighted by atomic mass is 9.76.